The Kier molecular flexibility index (Phi) is 5.87. The van der Waals surface area contributed by atoms with E-state index < -0.39 is 34.5 Å². The first-order chi connectivity index (χ1) is 15.3. The first kappa shape index (κ1) is 21.5. The van der Waals surface area contributed by atoms with E-state index in [4.69, 9.17) is 11.6 Å². The molecule has 4 aromatic rings. The molecule has 0 spiro atoms. The Morgan fingerprint density at radius 2 is 1.78 bits per heavy atom. The number of nitrogens with zero attached hydrogens (tertiary/aromatic N) is 2. The summed E-state index contributed by atoms with van der Waals surface area (Å²) in [5.74, 6) is -2.52. The largest absolute Gasteiger partial charge is 0.501 e. The lowest BCUT2D eigenvalue weighted by Gasteiger charge is -2.10. The summed E-state index contributed by atoms with van der Waals surface area (Å²) in [4.78, 5) is 29.2. The summed E-state index contributed by atoms with van der Waals surface area (Å²) in [5.41, 5.74) is 0.431. The smallest absolute Gasteiger partial charge is 0.300 e. The zero-order valence-electron chi connectivity index (χ0n) is 16.5. The third kappa shape index (κ3) is 4.31. The molecule has 1 amide bonds. The Balaban J connectivity index is 1.60. The molecule has 162 valence electrons. The second-order valence-corrected chi connectivity index (χ2v) is 7.49. The lowest BCUT2D eigenvalue weighted by Crippen LogP contribution is -2.27. The van der Waals surface area contributed by atoms with Gasteiger partial charge < -0.3 is 10.4 Å². The molecule has 0 bridgehead atoms. The van der Waals surface area contributed by atoms with Crippen LogP contribution in [0, 0.1) is 11.6 Å². The molecule has 0 unspecified atom stereocenters. The van der Waals surface area contributed by atoms with Crippen LogP contribution in [0.3, 0.4) is 0 Å². The highest BCUT2D eigenvalue weighted by molar-refractivity contribution is 6.30. The fourth-order valence-corrected chi connectivity index (χ4v) is 3.40. The topological polar surface area (TPSA) is 83.7 Å². The number of hydrogen-bond acceptors (Lipinski definition) is 4. The summed E-state index contributed by atoms with van der Waals surface area (Å²) < 4.78 is 28.3. The number of nitrogens with one attached hydrogen (secondary N) is 1. The van der Waals surface area contributed by atoms with Crippen LogP contribution in [0.5, 0.6) is 5.75 Å². The maximum Gasteiger partial charge on any atom is 0.300 e. The average Bonchev–Trinajstić information content (AvgIpc) is 2.79. The van der Waals surface area contributed by atoms with E-state index in [-0.39, 0.29) is 23.6 Å². The van der Waals surface area contributed by atoms with Crippen LogP contribution in [-0.4, -0.2) is 20.4 Å². The molecule has 0 fully saturated rings. The summed E-state index contributed by atoms with van der Waals surface area (Å²) >= 11 is 5.81. The molecule has 0 aliphatic heterocycles. The molecule has 4 rings (SSSR count). The molecule has 2 aromatic heterocycles. The molecule has 0 aliphatic rings. The third-order valence-corrected chi connectivity index (χ3v) is 5.16. The fraction of sp³-hybridized carbons (Fsp3) is 0.0870. The van der Waals surface area contributed by atoms with E-state index in [1.54, 1.807) is 18.2 Å². The Labute approximate surface area is 185 Å². The van der Waals surface area contributed by atoms with Gasteiger partial charge in [0.1, 0.15) is 17.3 Å². The second-order valence-electron chi connectivity index (χ2n) is 7.08. The molecule has 6 nitrogen and oxygen atoms in total. The normalized spacial score (nSPS) is 11.0. The standard InChI is InChI=1S/C23H16ClF2N3O3/c24-17-3-1-2-15(19(17)26)10-14-6-9-18-28-20(21(30)23(32)29(18)12-14)22(31)27-11-13-4-7-16(25)8-5-13/h1-9,12,30H,10-11H2,(H,27,31). The van der Waals surface area contributed by atoms with E-state index in [2.05, 4.69) is 10.3 Å². The van der Waals surface area contributed by atoms with Crippen molar-refractivity contribution in [3.63, 3.8) is 0 Å². The minimum absolute atomic E-state index is 0.00365. The monoisotopic (exact) mass is 455 g/mol. The number of carbonyl (C=O) groups is 1. The number of fused-ring (bicyclic) bond motifs is 1. The lowest BCUT2D eigenvalue weighted by atomic mass is 10.1. The second kappa shape index (κ2) is 8.76. The number of carbonyl (C=O) groups excluding carboxylic acids is 1. The van der Waals surface area contributed by atoms with Crippen molar-refractivity contribution in [1.29, 1.82) is 0 Å². The number of amides is 1. The van der Waals surface area contributed by atoms with Gasteiger partial charge in [0.25, 0.3) is 5.91 Å². The van der Waals surface area contributed by atoms with Crippen LogP contribution < -0.4 is 10.9 Å². The zero-order valence-corrected chi connectivity index (χ0v) is 17.2. The van der Waals surface area contributed by atoms with Crippen molar-refractivity contribution in [2.45, 2.75) is 13.0 Å². The first-order valence-corrected chi connectivity index (χ1v) is 9.91. The summed E-state index contributed by atoms with van der Waals surface area (Å²) in [5, 5.41) is 12.8. The quantitative estimate of drug-likeness (QED) is 0.479. The van der Waals surface area contributed by atoms with E-state index in [0.29, 0.717) is 16.7 Å². The van der Waals surface area contributed by atoms with Gasteiger partial charge >= 0.3 is 5.56 Å². The number of pyridine rings is 1. The van der Waals surface area contributed by atoms with E-state index in [1.165, 1.54) is 42.6 Å². The van der Waals surface area contributed by atoms with Gasteiger partial charge in [0.2, 0.25) is 5.75 Å². The van der Waals surface area contributed by atoms with Gasteiger partial charge in [-0.05, 0) is 41.0 Å². The van der Waals surface area contributed by atoms with Crippen molar-refractivity contribution < 1.29 is 18.7 Å². The molecule has 0 saturated heterocycles. The van der Waals surface area contributed by atoms with Crippen LogP contribution in [0.25, 0.3) is 5.65 Å². The molecule has 32 heavy (non-hydrogen) atoms. The third-order valence-electron chi connectivity index (χ3n) is 4.87. The van der Waals surface area contributed by atoms with Crippen LogP contribution in [0.1, 0.15) is 27.2 Å². The van der Waals surface area contributed by atoms with Crippen LogP contribution in [0.4, 0.5) is 8.78 Å². The molecule has 0 atom stereocenters. The van der Waals surface area contributed by atoms with Crippen molar-refractivity contribution in [3.8, 4) is 5.75 Å². The van der Waals surface area contributed by atoms with Crippen molar-refractivity contribution in [2.24, 2.45) is 0 Å². The number of halogens is 3. The predicted octanol–water partition coefficient (Wildman–Crippen LogP) is 3.85. The fourth-order valence-electron chi connectivity index (χ4n) is 3.21. The highest BCUT2D eigenvalue weighted by Gasteiger charge is 2.19. The van der Waals surface area contributed by atoms with Gasteiger partial charge in [-0.1, -0.05) is 41.9 Å². The molecule has 2 aromatic carbocycles. The number of aromatic hydroxyl groups is 1. The van der Waals surface area contributed by atoms with Crippen molar-refractivity contribution >= 4 is 23.2 Å². The van der Waals surface area contributed by atoms with Crippen LogP contribution in [0.15, 0.2) is 65.6 Å². The molecular formula is C23H16ClF2N3O3. The molecule has 0 radical (unpaired) electrons. The van der Waals surface area contributed by atoms with Gasteiger partial charge in [-0.25, -0.2) is 13.8 Å². The van der Waals surface area contributed by atoms with Gasteiger partial charge in [-0.3, -0.25) is 14.0 Å². The van der Waals surface area contributed by atoms with Crippen molar-refractivity contribution in [2.75, 3.05) is 0 Å². The SMILES string of the molecule is O=C(NCc1ccc(F)cc1)c1nc2ccc(Cc3cccc(Cl)c3F)cn2c(=O)c1O. The Bertz CT molecular complexity index is 1390. The Morgan fingerprint density at radius 1 is 1.06 bits per heavy atom. The minimum Gasteiger partial charge on any atom is -0.501 e. The minimum atomic E-state index is -0.838. The van der Waals surface area contributed by atoms with Gasteiger partial charge in [0, 0.05) is 19.2 Å². The molecule has 0 saturated carbocycles. The summed E-state index contributed by atoms with van der Waals surface area (Å²) in [7, 11) is 0. The van der Waals surface area contributed by atoms with Crippen LogP contribution in [-0.2, 0) is 13.0 Å². The molecule has 0 aliphatic carbocycles. The Morgan fingerprint density at radius 3 is 2.53 bits per heavy atom. The van der Waals surface area contributed by atoms with E-state index >= 15 is 0 Å². The Hall–Kier alpha value is -3.78. The number of benzene rings is 2. The first-order valence-electron chi connectivity index (χ1n) is 9.53. The highest BCUT2D eigenvalue weighted by Crippen LogP contribution is 2.21. The highest BCUT2D eigenvalue weighted by atomic mass is 35.5. The number of hydrogen-bond donors (Lipinski definition) is 2. The molecular weight excluding hydrogens is 440 g/mol. The van der Waals surface area contributed by atoms with E-state index in [0.717, 1.165) is 4.40 Å². The molecule has 2 heterocycles. The maximum absolute atomic E-state index is 14.2. The predicted molar refractivity (Wildman–Crippen MR) is 115 cm³/mol. The summed E-state index contributed by atoms with van der Waals surface area (Å²) in [6.07, 6.45) is 1.58. The van der Waals surface area contributed by atoms with Gasteiger partial charge in [0.15, 0.2) is 5.69 Å². The van der Waals surface area contributed by atoms with Crippen LogP contribution >= 0.6 is 11.6 Å². The summed E-state index contributed by atoms with van der Waals surface area (Å²) in [6.45, 7) is 0.0593. The van der Waals surface area contributed by atoms with Crippen molar-refractivity contribution in [1.82, 2.24) is 14.7 Å². The lowest BCUT2D eigenvalue weighted by molar-refractivity contribution is 0.0942. The molecule has 9 heteroatoms. The average molecular weight is 456 g/mol. The van der Waals surface area contributed by atoms with E-state index in [9.17, 15) is 23.5 Å². The molecule has 2 N–H and O–H groups in total. The number of aromatic nitrogens is 2. The number of rotatable bonds is 5. The van der Waals surface area contributed by atoms with Gasteiger partial charge in [0.05, 0.1) is 5.02 Å². The van der Waals surface area contributed by atoms with Crippen molar-refractivity contribution in [3.05, 3.63) is 110 Å². The van der Waals surface area contributed by atoms with E-state index in [1.807, 2.05) is 0 Å². The zero-order chi connectivity index (χ0) is 22.8. The van der Waals surface area contributed by atoms with Crippen LogP contribution in [0.2, 0.25) is 5.02 Å². The summed E-state index contributed by atoms with van der Waals surface area (Å²) in [6, 6.07) is 13.3. The maximum atomic E-state index is 14.2. The van der Waals surface area contributed by atoms with Gasteiger partial charge in [-0.15, -0.1) is 0 Å². The van der Waals surface area contributed by atoms with Gasteiger partial charge in [-0.2, -0.15) is 0 Å².